The number of nitriles is 1. The first-order chi connectivity index (χ1) is 12.0. The molecule has 0 spiro atoms. The van der Waals surface area contributed by atoms with Gasteiger partial charge in [-0.1, -0.05) is 12.1 Å². The number of methoxy groups -OCH3 is 2. The minimum absolute atomic E-state index is 0.107. The van der Waals surface area contributed by atoms with Crippen LogP contribution in [0.5, 0.6) is 11.5 Å². The minimum atomic E-state index is -1.24. The highest BCUT2D eigenvalue weighted by Gasteiger charge is 2.20. The zero-order valence-corrected chi connectivity index (χ0v) is 13.7. The van der Waals surface area contributed by atoms with Gasteiger partial charge < -0.3 is 14.8 Å². The first-order valence-electron chi connectivity index (χ1n) is 7.34. The molecule has 0 bridgehead atoms. The van der Waals surface area contributed by atoms with Crippen molar-refractivity contribution in [2.45, 2.75) is 12.5 Å². The fourth-order valence-electron chi connectivity index (χ4n) is 2.39. The standard InChI is InChI=1S/C18H16F2N2O3/c1-24-16-4-3-5-17(25-2)13(16)9-18(23)22-15(10-21)12-7-6-11(19)8-14(12)20/h3-8,15H,9H2,1-2H3,(H,22,23). The van der Waals surface area contributed by atoms with Gasteiger partial charge in [-0.05, 0) is 18.2 Å². The Labute approximate surface area is 143 Å². The summed E-state index contributed by atoms with van der Waals surface area (Å²) in [7, 11) is 2.92. The SMILES string of the molecule is COc1cccc(OC)c1CC(=O)NC(C#N)c1ccc(F)cc1F. The van der Waals surface area contributed by atoms with E-state index in [0.29, 0.717) is 23.1 Å². The fourth-order valence-corrected chi connectivity index (χ4v) is 2.39. The Bertz CT molecular complexity index is 796. The molecule has 0 saturated carbocycles. The summed E-state index contributed by atoms with van der Waals surface area (Å²) in [6.45, 7) is 0. The molecule has 2 aromatic rings. The van der Waals surface area contributed by atoms with Gasteiger partial charge in [0.05, 0.1) is 26.7 Å². The van der Waals surface area contributed by atoms with Crippen LogP contribution >= 0.6 is 0 Å². The molecule has 0 fully saturated rings. The summed E-state index contributed by atoms with van der Waals surface area (Å²) < 4.78 is 37.2. The third-order valence-electron chi connectivity index (χ3n) is 3.58. The molecular formula is C18H16F2N2O3. The van der Waals surface area contributed by atoms with Crippen molar-refractivity contribution in [3.8, 4) is 17.6 Å². The molecule has 0 aliphatic rings. The summed E-state index contributed by atoms with van der Waals surface area (Å²) in [5, 5.41) is 11.6. The molecular weight excluding hydrogens is 330 g/mol. The van der Waals surface area contributed by atoms with E-state index < -0.39 is 23.6 Å². The van der Waals surface area contributed by atoms with Gasteiger partial charge in [0, 0.05) is 17.2 Å². The summed E-state index contributed by atoms with van der Waals surface area (Å²) in [6, 6.07) is 8.43. The summed E-state index contributed by atoms with van der Waals surface area (Å²) >= 11 is 0. The maximum atomic E-state index is 13.8. The number of carbonyl (C=O) groups is 1. The summed E-state index contributed by atoms with van der Waals surface area (Å²) in [6.07, 6.45) is -0.131. The second kappa shape index (κ2) is 8.11. The fraction of sp³-hybridized carbons (Fsp3) is 0.222. The van der Waals surface area contributed by atoms with E-state index in [-0.39, 0.29) is 12.0 Å². The average Bonchev–Trinajstić information content (AvgIpc) is 2.60. The Morgan fingerprint density at radius 1 is 1.20 bits per heavy atom. The summed E-state index contributed by atoms with van der Waals surface area (Å²) in [5.41, 5.74) is 0.394. The molecule has 2 rings (SSSR count). The number of benzene rings is 2. The van der Waals surface area contributed by atoms with Gasteiger partial charge >= 0.3 is 0 Å². The number of rotatable bonds is 6. The molecule has 0 aromatic heterocycles. The first kappa shape index (κ1) is 18.2. The molecule has 130 valence electrons. The van der Waals surface area contributed by atoms with Crippen molar-refractivity contribution >= 4 is 5.91 Å². The lowest BCUT2D eigenvalue weighted by Crippen LogP contribution is -2.29. The minimum Gasteiger partial charge on any atom is -0.496 e. The van der Waals surface area contributed by atoms with Crippen LogP contribution in [0.15, 0.2) is 36.4 Å². The third kappa shape index (κ3) is 4.23. The lowest BCUT2D eigenvalue weighted by molar-refractivity contribution is -0.120. The molecule has 0 saturated heterocycles. The number of halogens is 2. The Balaban J connectivity index is 2.20. The predicted octanol–water partition coefficient (Wildman–Crippen LogP) is 2.91. The van der Waals surface area contributed by atoms with Crippen LogP contribution in [0.4, 0.5) is 8.78 Å². The second-order valence-corrected chi connectivity index (χ2v) is 5.11. The van der Waals surface area contributed by atoms with Crippen LogP contribution in [-0.2, 0) is 11.2 Å². The van der Waals surface area contributed by atoms with Gasteiger partial charge in [0.2, 0.25) is 5.91 Å². The number of hydrogen-bond acceptors (Lipinski definition) is 4. The highest BCUT2D eigenvalue weighted by atomic mass is 19.1. The Morgan fingerprint density at radius 3 is 2.36 bits per heavy atom. The van der Waals surface area contributed by atoms with E-state index in [2.05, 4.69) is 5.32 Å². The Morgan fingerprint density at radius 2 is 1.84 bits per heavy atom. The second-order valence-electron chi connectivity index (χ2n) is 5.11. The van der Waals surface area contributed by atoms with Crippen molar-refractivity contribution in [3.63, 3.8) is 0 Å². The van der Waals surface area contributed by atoms with Crippen molar-refractivity contribution < 1.29 is 23.0 Å². The molecule has 25 heavy (non-hydrogen) atoms. The lowest BCUT2D eigenvalue weighted by Gasteiger charge is -2.15. The van der Waals surface area contributed by atoms with Gasteiger partial charge in [0.25, 0.3) is 0 Å². The number of nitrogens with one attached hydrogen (secondary N) is 1. The molecule has 7 heteroatoms. The molecule has 0 heterocycles. The van der Waals surface area contributed by atoms with E-state index in [4.69, 9.17) is 9.47 Å². The molecule has 1 N–H and O–H groups in total. The van der Waals surface area contributed by atoms with E-state index in [9.17, 15) is 18.8 Å². The Kier molecular flexibility index (Phi) is 5.90. The van der Waals surface area contributed by atoms with Gasteiger partial charge in [-0.25, -0.2) is 8.78 Å². The maximum Gasteiger partial charge on any atom is 0.225 e. The molecule has 0 aliphatic carbocycles. The zero-order chi connectivity index (χ0) is 18.4. The van der Waals surface area contributed by atoms with Crippen molar-refractivity contribution in [1.29, 1.82) is 5.26 Å². The van der Waals surface area contributed by atoms with Crippen LogP contribution in [-0.4, -0.2) is 20.1 Å². The number of amides is 1. The highest BCUT2D eigenvalue weighted by molar-refractivity contribution is 5.81. The van der Waals surface area contributed by atoms with Gasteiger partial charge in [-0.3, -0.25) is 4.79 Å². The molecule has 0 radical (unpaired) electrons. The highest BCUT2D eigenvalue weighted by Crippen LogP contribution is 2.29. The lowest BCUT2D eigenvalue weighted by atomic mass is 10.1. The van der Waals surface area contributed by atoms with E-state index in [1.165, 1.54) is 14.2 Å². The number of hydrogen-bond donors (Lipinski definition) is 1. The van der Waals surface area contributed by atoms with Crippen molar-refractivity contribution in [1.82, 2.24) is 5.32 Å². The van der Waals surface area contributed by atoms with E-state index in [0.717, 1.165) is 12.1 Å². The molecule has 1 unspecified atom stereocenters. The van der Waals surface area contributed by atoms with E-state index in [1.807, 2.05) is 0 Å². The monoisotopic (exact) mass is 346 g/mol. The smallest absolute Gasteiger partial charge is 0.225 e. The van der Waals surface area contributed by atoms with Crippen LogP contribution in [0.2, 0.25) is 0 Å². The van der Waals surface area contributed by atoms with Crippen LogP contribution in [0.1, 0.15) is 17.2 Å². The third-order valence-corrected chi connectivity index (χ3v) is 3.58. The van der Waals surface area contributed by atoms with Crippen molar-refractivity contribution in [3.05, 3.63) is 59.2 Å². The molecule has 5 nitrogen and oxygen atoms in total. The molecule has 1 atom stereocenters. The number of ether oxygens (including phenoxy) is 2. The van der Waals surface area contributed by atoms with Crippen molar-refractivity contribution in [2.24, 2.45) is 0 Å². The maximum absolute atomic E-state index is 13.8. The predicted molar refractivity (Wildman–Crippen MR) is 86.1 cm³/mol. The number of nitrogens with zero attached hydrogens (tertiary/aromatic N) is 1. The first-order valence-corrected chi connectivity index (χ1v) is 7.34. The molecule has 2 aromatic carbocycles. The largest absolute Gasteiger partial charge is 0.496 e. The van der Waals surface area contributed by atoms with Gasteiger partial charge in [-0.15, -0.1) is 0 Å². The summed E-state index contributed by atoms with van der Waals surface area (Å²) in [5.74, 6) is -1.28. The van der Waals surface area contributed by atoms with Crippen LogP contribution < -0.4 is 14.8 Å². The molecule has 1 amide bonds. The molecule has 0 aliphatic heterocycles. The van der Waals surface area contributed by atoms with E-state index >= 15 is 0 Å². The van der Waals surface area contributed by atoms with Gasteiger partial charge in [0.1, 0.15) is 29.2 Å². The zero-order valence-electron chi connectivity index (χ0n) is 13.7. The average molecular weight is 346 g/mol. The van der Waals surface area contributed by atoms with Crippen molar-refractivity contribution in [2.75, 3.05) is 14.2 Å². The van der Waals surface area contributed by atoms with Crippen LogP contribution in [0.3, 0.4) is 0 Å². The van der Waals surface area contributed by atoms with E-state index in [1.54, 1.807) is 24.3 Å². The van der Waals surface area contributed by atoms with Crippen LogP contribution in [0, 0.1) is 23.0 Å². The van der Waals surface area contributed by atoms with Crippen LogP contribution in [0.25, 0.3) is 0 Å². The number of carbonyl (C=O) groups excluding carboxylic acids is 1. The topological polar surface area (TPSA) is 71.3 Å². The quantitative estimate of drug-likeness (QED) is 0.873. The Hall–Kier alpha value is -3.14. The normalized spacial score (nSPS) is 11.3. The van der Waals surface area contributed by atoms with Gasteiger partial charge in [-0.2, -0.15) is 5.26 Å². The summed E-state index contributed by atoms with van der Waals surface area (Å²) in [4.78, 5) is 12.3. The van der Waals surface area contributed by atoms with Gasteiger partial charge in [0.15, 0.2) is 0 Å².